The smallest absolute Gasteiger partial charge is 0.307 e. The molecule has 0 spiro atoms. The number of carboxylic acid groups (broad SMARTS) is 3. The number of rotatable bonds is 20. The van der Waals surface area contributed by atoms with Gasteiger partial charge in [-0.25, -0.2) is 0 Å². The SMILES string of the molecule is O=C(O)[C@@H](Cc1cc(Cl)cc(CC(=S)N(CCOc2cc(Cl)cc(C[C@H](C(=O)O)[C@H]3CCNC3)c2)Cc2cc(Cl)cc(C[C@H](C(=O)O)[C@H]3CCNC3)c2)c1)[C@H]1CCNC1. The van der Waals surface area contributed by atoms with Crippen LogP contribution in [0.5, 0.6) is 5.75 Å². The van der Waals surface area contributed by atoms with Crippen molar-refractivity contribution in [2.24, 2.45) is 35.5 Å². The standard InChI is InChI=1S/C44H53Cl3N4O7S/c45-34-11-26(17-38(42(52)53)31-1-4-48-22-31)9-28(13-34)20-41(59)51(25-30-10-27(12-35(46)15-30)18-39(43(54)55)32-2-5-49-23-32)7-8-58-37-16-29(14-36(47)21-37)19-40(44(56)57)33-3-6-50-24-33/h9-16,21,31-33,38-40,48-50H,1-8,17-20,22-25H2,(H,52,53)(H,54,55)(H,56,57)/t31-,32-,33-,38-,39-,40-/m0/s1. The summed E-state index contributed by atoms with van der Waals surface area (Å²) >= 11 is 26.0. The fourth-order valence-corrected chi connectivity index (χ4v) is 10.1. The lowest BCUT2D eigenvalue weighted by molar-refractivity contribution is -0.144. The van der Waals surface area contributed by atoms with Gasteiger partial charge < -0.3 is 40.9 Å². The van der Waals surface area contributed by atoms with Gasteiger partial charge in [0.15, 0.2) is 0 Å². The van der Waals surface area contributed by atoms with Crippen molar-refractivity contribution in [3.8, 4) is 5.75 Å². The zero-order valence-electron chi connectivity index (χ0n) is 32.9. The average Bonchev–Trinajstić information content (AvgIpc) is 3.99. The summed E-state index contributed by atoms with van der Waals surface area (Å²) in [6.07, 6.45) is 3.80. The first kappa shape index (κ1) is 45.0. The van der Waals surface area contributed by atoms with E-state index in [9.17, 15) is 29.7 Å². The molecule has 11 nitrogen and oxygen atoms in total. The van der Waals surface area contributed by atoms with E-state index in [1.165, 1.54) is 0 Å². The summed E-state index contributed by atoms with van der Waals surface area (Å²) in [5, 5.41) is 41.5. The zero-order chi connectivity index (χ0) is 42.1. The molecule has 6 N–H and O–H groups in total. The van der Waals surface area contributed by atoms with Crippen molar-refractivity contribution in [3.05, 3.63) is 97.5 Å². The van der Waals surface area contributed by atoms with Gasteiger partial charge in [-0.1, -0.05) is 59.2 Å². The van der Waals surface area contributed by atoms with Gasteiger partial charge in [-0.2, -0.15) is 0 Å². The first-order valence-electron chi connectivity index (χ1n) is 20.4. The van der Waals surface area contributed by atoms with Gasteiger partial charge in [-0.3, -0.25) is 14.4 Å². The van der Waals surface area contributed by atoms with Crippen LogP contribution in [0.1, 0.15) is 47.1 Å². The Balaban J connectivity index is 1.21. The maximum Gasteiger partial charge on any atom is 0.307 e. The normalized spacial score (nSPS) is 20.6. The van der Waals surface area contributed by atoms with Crippen molar-refractivity contribution < 1.29 is 34.4 Å². The van der Waals surface area contributed by atoms with Crippen LogP contribution in [0, 0.1) is 35.5 Å². The number of benzene rings is 3. The van der Waals surface area contributed by atoms with E-state index in [0.717, 1.165) is 66.7 Å². The van der Waals surface area contributed by atoms with Crippen molar-refractivity contribution in [1.29, 1.82) is 0 Å². The quantitative estimate of drug-likeness (QED) is 0.0672. The highest BCUT2D eigenvalue weighted by Gasteiger charge is 2.33. The van der Waals surface area contributed by atoms with Gasteiger partial charge in [-0.15, -0.1) is 0 Å². The molecule has 3 aliphatic rings. The number of aliphatic carboxylic acids is 3. The molecular formula is C44H53Cl3N4O7S. The van der Waals surface area contributed by atoms with Gasteiger partial charge in [0.25, 0.3) is 0 Å². The first-order valence-corrected chi connectivity index (χ1v) is 21.9. The number of hydrogen-bond acceptors (Lipinski definition) is 8. The van der Waals surface area contributed by atoms with Crippen molar-refractivity contribution in [2.75, 3.05) is 52.4 Å². The number of thiocarbonyl (C=S) groups is 1. The van der Waals surface area contributed by atoms with E-state index in [0.29, 0.717) is 84.2 Å². The Bertz CT molecular complexity index is 1970. The molecule has 3 aromatic rings. The Hall–Kier alpha value is -3.49. The molecular weight excluding hydrogens is 835 g/mol. The Morgan fingerprint density at radius 1 is 0.627 bits per heavy atom. The van der Waals surface area contributed by atoms with Crippen LogP contribution in [0.15, 0.2) is 54.6 Å². The van der Waals surface area contributed by atoms with E-state index in [-0.39, 0.29) is 24.4 Å². The minimum atomic E-state index is -0.830. The molecule has 3 heterocycles. The Kier molecular flexibility index (Phi) is 16.3. The lowest BCUT2D eigenvalue weighted by Gasteiger charge is -2.27. The van der Waals surface area contributed by atoms with Gasteiger partial charge >= 0.3 is 17.9 Å². The summed E-state index contributed by atoms with van der Waals surface area (Å²) in [4.78, 5) is 39.5. The second kappa shape index (κ2) is 21.3. The third-order valence-electron chi connectivity index (χ3n) is 12.0. The number of hydrogen-bond donors (Lipinski definition) is 6. The molecule has 0 aromatic heterocycles. The molecule has 0 bridgehead atoms. The van der Waals surface area contributed by atoms with Crippen molar-refractivity contribution in [3.63, 3.8) is 0 Å². The van der Waals surface area contributed by atoms with E-state index in [1.807, 2.05) is 47.4 Å². The number of nitrogens with zero attached hydrogens (tertiary/aromatic N) is 1. The summed E-state index contributed by atoms with van der Waals surface area (Å²) in [5.41, 5.74) is 4.16. The van der Waals surface area contributed by atoms with Crippen molar-refractivity contribution >= 4 is 69.9 Å². The first-order chi connectivity index (χ1) is 28.3. The maximum absolute atomic E-state index is 12.3. The van der Waals surface area contributed by atoms with Crippen molar-refractivity contribution in [2.45, 2.75) is 51.5 Å². The van der Waals surface area contributed by atoms with E-state index in [1.54, 1.807) is 12.1 Å². The Morgan fingerprint density at radius 2 is 1.03 bits per heavy atom. The lowest BCUT2D eigenvalue weighted by atomic mass is 9.86. The molecule has 0 radical (unpaired) electrons. The molecule has 15 heteroatoms. The predicted molar refractivity (Wildman–Crippen MR) is 234 cm³/mol. The maximum atomic E-state index is 12.3. The molecule has 6 atom stereocenters. The molecule has 3 fully saturated rings. The van der Waals surface area contributed by atoms with Gasteiger partial charge in [0.05, 0.1) is 29.3 Å². The molecule has 0 unspecified atom stereocenters. The summed E-state index contributed by atoms with van der Waals surface area (Å²) in [6.45, 7) is 5.35. The molecule has 3 aliphatic heterocycles. The predicted octanol–water partition coefficient (Wildman–Crippen LogP) is 6.66. The molecule has 3 aromatic carbocycles. The minimum absolute atomic E-state index is 0.0288. The number of halogens is 3. The van der Waals surface area contributed by atoms with E-state index >= 15 is 0 Å². The topological polar surface area (TPSA) is 160 Å². The molecule has 59 heavy (non-hydrogen) atoms. The fourth-order valence-electron chi connectivity index (χ4n) is 8.95. The summed E-state index contributed by atoms with van der Waals surface area (Å²) in [7, 11) is 0. The van der Waals surface area contributed by atoms with Crippen molar-refractivity contribution in [1.82, 2.24) is 20.9 Å². The molecule has 0 amide bonds. The highest BCUT2D eigenvalue weighted by molar-refractivity contribution is 7.80. The van der Waals surface area contributed by atoms with Crippen LogP contribution in [0.3, 0.4) is 0 Å². The van der Waals surface area contributed by atoms with E-state index < -0.39 is 35.7 Å². The molecule has 0 saturated carbocycles. The van der Waals surface area contributed by atoms with Crippen LogP contribution in [0.4, 0.5) is 0 Å². The third kappa shape index (κ3) is 13.0. The molecule has 6 rings (SSSR count). The van der Waals surface area contributed by atoms with E-state index in [2.05, 4.69) is 16.0 Å². The van der Waals surface area contributed by atoms with Crippen LogP contribution in [0.25, 0.3) is 0 Å². The number of carboxylic acids is 3. The zero-order valence-corrected chi connectivity index (χ0v) is 36.0. The van der Waals surface area contributed by atoms with Gasteiger partial charge in [0.1, 0.15) is 12.4 Å². The van der Waals surface area contributed by atoms with Crippen LogP contribution < -0.4 is 20.7 Å². The summed E-state index contributed by atoms with van der Waals surface area (Å²) in [6, 6.07) is 16.7. The van der Waals surface area contributed by atoms with Gasteiger partial charge in [-0.05, 0) is 166 Å². The monoisotopic (exact) mass is 886 g/mol. The average molecular weight is 888 g/mol. The van der Waals surface area contributed by atoms with E-state index in [4.69, 9.17) is 51.8 Å². The van der Waals surface area contributed by atoms with Gasteiger partial charge in [0, 0.05) is 28.0 Å². The minimum Gasteiger partial charge on any atom is -0.492 e. The molecule has 318 valence electrons. The number of ether oxygens (including phenoxy) is 1. The molecule has 0 aliphatic carbocycles. The fraction of sp³-hybridized carbons (Fsp3) is 0.500. The third-order valence-corrected chi connectivity index (χ3v) is 13.1. The Labute approximate surface area is 366 Å². The highest BCUT2D eigenvalue weighted by Crippen LogP contribution is 2.30. The van der Waals surface area contributed by atoms with Gasteiger partial charge in [0.2, 0.25) is 0 Å². The molecule has 3 saturated heterocycles. The van der Waals surface area contributed by atoms with Crippen LogP contribution in [-0.2, 0) is 46.6 Å². The summed E-state index contributed by atoms with van der Waals surface area (Å²) in [5.74, 6) is -3.50. The number of carbonyl (C=O) groups is 3. The lowest BCUT2D eigenvalue weighted by Crippen LogP contribution is -2.34. The van der Waals surface area contributed by atoms with Crippen LogP contribution >= 0.6 is 47.0 Å². The highest BCUT2D eigenvalue weighted by atomic mass is 35.5. The second-order valence-corrected chi connectivity index (χ2v) is 18.1. The Morgan fingerprint density at radius 3 is 1.47 bits per heavy atom. The largest absolute Gasteiger partial charge is 0.492 e. The number of nitrogens with one attached hydrogen (secondary N) is 3. The second-order valence-electron chi connectivity index (χ2n) is 16.3. The van der Waals surface area contributed by atoms with Crippen LogP contribution in [0.2, 0.25) is 15.1 Å². The van der Waals surface area contributed by atoms with Crippen LogP contribution in [-0.4, -0.2) is 95.5 Å². The summed E-state index contributed by atoms with van der Waals surface area (Å²) < 4.78 is 6.28.